The molecule has 3 aliphatic rings. The van der Waals surface area contributed by atoms with Crippen LogP contribution < -0.4 is 0 Å². The monoisotopic (exact) mass is 250 g/mol. The fourth-order valence-corrected chi connectivity index (χ4v) is 4.19. The number of hydrogen-bond donors (Lipinski definition) is 0. The summed E-state index contributed by atoms with van der Waals surface area (Å²) in [6.45, 7) is 1.41. The second kappa shape index (κ2) is 4.11. The Bertz CT molecular complexity index is 426. The van der Waals surface area contributed by atoms with Crippen molar-refractivity contribution >= 4 is 11.8 Å². The number of methoxy groups -OCH3 is 1. The predicted molar refractivity (Wildman–Crippen MR) is 63.5 cm³/mol. The molecule has 5 unspecified atom stereocenters. The number of ketones is 1. The van der Waals surface area contributed by atoms with E-state index < -0.39 is 0 Å². The van der Waals surface area contributed by atoms with E-state index in [2.05, 4.69) is 0 Å². The molecular formula is C14H18O4. The zero-order valence-corrected chi connectivity index (χ0v) is 10.7. The molecule has 2 saturated carbocycles. The molecule has 0 radical (unpaired) electrons. The van der Waals surface area contributed by atoms with Crippen LogP contribution in [0, 0.1) is 23.7 Å². The lowest BCUT2D eigenvalue weighted by Crippen LogP contribution is -2.43. The highest BCUT2D eigenvalue weighted by molar-refractivity contribution is 5.94. The normalized spacial score (nSPS) is 41.3. The van der Waals surface area contributed by atoms with Gasteiger partial charge < -0.3 is 9.47 Å². The Morgan fingerprint density at radius 3 is 2.72 bits per heavy atom. The maximum Gasteiger partial charge on any atom is 0.303 e. The van der Waals surface area contributed by atoms with Crippen molar-refractivity contribution in [3.8, 4) is 0 Å². The summed E-state index contributed by atoms with van der Waals surface area (Å²) >= 11 is 0. The van der Waals surface area contributed by atoms with Crippen molar-refractivity contribution in [1.29, 1.82) is 0 Å². The Hall–Kier alpha value is -1.32. The minimum Gasteiger partial charge on any atom is -0.497 e. The molecule has 5 atom stereocenters. The van der Waals surface area contributed by atoms with Crippen molar-refractivity contribution in [2.45, 2.75) is 32.3 Å². The van der Waals surface area contributed by atoms with Crippen molar-refractivity contribution in [2.24, 2.45) is 23.7 Å². The molecule has 4 nitrogen and oxygen atoms in total. The highest BCUT2D eigenvalue weighted by Crippen LogP contribution is 2.56. The molecule has 0 aromatic carbocycles. The molecule has 0 amide bonds. The Morgan fingerprint density at radius 2 is 2.06 bits per heavy atom. The summed E-state index contributed by atoms with van der Waals surface area (Å²) in [6.07, 6.45) is 4.57. The lowest BCUT2D eigenvalue weighted by molar-refractivity contribution is -0.154. The number of esters is 1. The Morgan fingerprint density at radius 1 is 1.33 bits per heavy atom. The van der Waals surface area contributed by atoms with Crippen LogP contribution in [0.25, 0.3) is 0 Å². The second-order valence-corrected chi connectivity index (χ2v) is 5.62. The fraction of sp³-hybridized carbons (Fsp3) is 0.714. The van der Waals surface area contributed by atoms with Crippen LogP contribution in [-0.2, 0) is 19.1 Å². The van der Waals surface area contributed by atoms with Gasteiger partial charge in [0.2, 0.25) is 0 Å². The van der Waals surface area contributed by atoms with Gasteiger partial charge in [-0.25, -0.2) is 0 Å². The molecule has 2 bridgehead atoms. The minimum absolute atomic E-state index is 0.0481. The number of hydrogen-bond acceptors (Lipinski definition) is 4. The molecule has 4 heteroatoms. The molecule has 0 heterocycles. The third kappa shape index (κ3) is 1.58. The van der Waals surface area contributed by atoms with Crippen molar-refractivity contribution in [3.63, 3.8) is 0 Å². The summed E-state index contributed by atoms with van der Waals surface area (Å²) in [5, 5.41) is 0. The highest BCUT2D eigenvalue weighted by atomic mass is 16.6. The second-order valence-electron chi connectivity index (χ2n) is 5.62. The van der Waals surface area contributed by atoms with E-state index in [1.54, 1.807) is 0 Å². The van der Waals surface area contributed by atoms with Gasteiger partial charge >= 0.3 is 5.97 Å². The summed E-state index contributed by atoms with van der Waals surface area (Å²) < 4.78 is 10.7. The first-order valence-electron chi connectivity index (χ1n) is 6.58. The first-order chi connectivity index (χ1) is 8.61. The van der Waals surface area contributed by atoms with Gasteiger partial charge in [0.15, 0.2) is 11.9 Å². The average molecular weight is 250 g/mol. The SMILES string of the molecule is COC1=CC(=O)C2C3CCC(C3)C2C1OC(C)=O. The Balaban J connectivity index is 1.96. The fourth-order valence-electron chi connectivity index (χ4n) is 4.19. The van der Waals surface area contributed by atoms with Crippen LogP contribution in [0.1, 0.15) is 26.2 Å². The van der Waals surface area contributed by atoms with Gasteiger partial charge in [0.1, 0.15) is 5.76 Å². The van der Waals surface area contributed by atoms with Gasteiger partial charge in [0.25, 0.3) is 0 Å². The van der Waals surface area contributed by atoms with Crippen LogP contribution in [0.5, 0.6) is 0 Å². The van der Waals surface area contributed by atoms with E-state index >= 15 is 0 Å². The van der Waals surface area contributed by atoms with Crippen LogP contribution in [0.2, 0.25) is 0 Å². The van der Waals surface area contributed by atoms with Crippen molar-refractivity contribution in [2.75, 3.05) is 7.11 Å². The lowest BCUT2D eigenvalue weighted by Gasteiger charge is -2.38. The molecule has 2 fully saturated rings. The van der Waals surface area contributed by atoms with Crippen molar-refractivity contribution < 1.29 is 19.1 Å². The van der Waals surface area contributed by atoms with Crippen LogP contribution in [-0.4, -0.2) is 25.0 Å². The quantitative estimate of drug-likeness (QED) is 0.700. The molecule has 18 heavy (non-hydrogen) atoms. The van der Waals surface area contributed by atoms with E-state index in [0.717, 1.165) is 19.3 Å². The van der Waals surface area contributed by atoms with E-state index in [0.29, 0.717) is 17.6 Å². The first kappa shape index (κ1) is 11.8. The van der Waals surface area contributed by atoms with E-state index in [1.807, 2.05) is 0 Å². The number of rotatable bonds is 2. The van der Waals surface area contributed by atoms with Crippen molar-refractivity contribution in [3.05, 3.63) is 11.8 Å². The van der Waals surface area contributed by atoms with E-state index in [-0.39, 0.29) is 29.7 Å². The predicted octanol–water partition coefficient (Wildman–Crippen LogP) is 1.69. The van der Waals surface area contributed by atoms with Crippen LogP contribution in [0.3, 0.4) is 0 Å². The summed E-state index contributed by atoms with van der Waals surface area (Å²) in [5.41, 5.74) is 0. The Labute approximate surface area is 106 Å². The van der Waals surface area contributed by atoms with Gasteiger partial charge in [0, 0.05) is 24.8 Å². The first-order valence-corrected chi connectivity index (χ1v) is 6.58. The molecule has 0 saturated heterocycles. The topological polar surface area (TPSA) is 52.6 Å². The highest BCUT2D eigenvalue weighted by Gasteiger charge is 2.57. The number of carbonyl (C=O) groups is 2. The third-order valence-electron chi connectivity index (χ3n) is 4.75. The van der Waals surface area contributed by atoms with E-state index in [9.17, 15) is 9.59 Å². The average Bonchev–Trinajstić information content (AvgIpc) is 2.92. The van der Waals surface area contributed by atoms with Gasteiger partial charge in [-0.1, -0.05) is 0 Å². The number of carbonyl (C=O) groups excluding carboxylic acids is 2. The molecule has 3 aliphatic carbocycles. The standard InChI is InChI=1S/C14H18O4/c1-7(15)18-14-11(17-2)6-10(16)12-8-3-4-9(5-8)13(12)14/h6,8-9,12-14H,3-5H2,1-2H3. The van der Waals surface area contributed by atoms with Crippen LogP contribution in [0.15, 0.2) is 11.8 Å². The van der Waals surface area contributed by atoms with Crippen molar-refractivity contribution in [1.82, 2.24) is 0 Å². The minimum atomic E-state index is -0.356. The van der Waals surface area contributed by atoms with Gasteiger partial charge in [-0.2, -0.15) is 0 Å². The number of ether oxygens (including phenoxy) is 2. The summed E-state index contributed by atoms with van der Waals surface area (Å²) in [4.78, 5) is 23.4. The van der Waals surface area contributed by atoms with Gasteiger partial charge in [-0.05, 0) is 31.1 Å². The molecule has 0 aliphatic heterocycles. The zero-order valence-electron chi connectivity index (χ0n) is 10.7. The summed E-state index contributed by atoms with van der Waals surface area (Å²) in [6, 6.07) is 0. The maximum absolute atomic E-state index is 12.2. The summed E-state index contributed by atoms with van der Waals surface area (Å²) in [5.74, 6) is 1.55. The molecule has 0 spiro atoms. The van der Waals surface area contributed by atoms with Crippen LogP contribution >= 0.6 is 0 Å². The smallest absolute Gasteiger partial charge is 0.303 e. The van der Waals surface area contributed by atoms with Gasteiger partial charge in [-0.15, -0.1) is 0 Å². The van der Waals surface area contributed by atoms with Gasteiger partial charge in [-0.3, -0.25) is 9.59 Å². The third-order valence-corrected chi connectivity index (χ3v) is 4.75. The molecule has 0 N–H and O–H groups in total. The maximum atomic E-state index is 12.2. The molecule has 3 rings (SSSR count). The van der Waals surface area contributed by atoms with Crippen LogP contribution in [0.4, 0.5) is 0 Å². The van der Waals surface area contributed by atoms with Gasteiger partial charge in [0.05, 0.1) is 7.11 Å². The largest absolute Gasteiger partial charge is 0.497 e. The number of allylic oxidation sites excluding steroid dienone is 1. The molecule has 98 valence electrons. The zero-order chi connectivity index (χ0) is 12.9. The molecule has 0 aromatic rings. The molecular weight excluding hydrogens is 232 g/mol. The molecule has 0 aromatic heterocycles. The van der Waals surface area contributed by atoms with E-state index in [1.165, 1.54) is 20.1 Å². The summed E-state index contributed by atoms with van der Waals surface area (Å²) in [7, 11) is 1.53. The van der Waals surface area contributed by atoms with E-state index in [4.69, 9.17) is 9.47 Å². The Kier molecular flexibility index (Phi) is 2.68. The lowest BCUT2D eigenvalue weighted by atomic mass is 9.70. The number of fused-ring (bicyclic) bond motifs is 5.